The van der Waals surface area contributed by atoms with Crippen molar-refractivity contribution in [2.75, 3.05) is 13.1 Å². The highest BCUT2D eigenvalue weighted by atomic mass is 32.2. The minimum absolute atomic E-state index is 0.275. The van der Waals surface area contributed by atoms with E-state index in [1.807, 2.05) is 19.1 Å². The summed E-state index contributed by atoms with van der Waals surface area (Å²) in [7, 11) is -3.42. The smallest absolute Gasteiger partial charge is 0.240 e. The van der Waals surface area contributed by atoms with Gasteiger partial charge in [-0.05, 0) is 36.9 Å². The Kier molecular flexibility index (Phi) is 7.35. The van der Waals surface area contributed by atoms with Crippen molar-refractivity contribution < 1.29 is 8.42 Å². The van der Waals surface area contributed by atoms with Crippen LogP contribution in [0.15, 0.2) is 29.2 Å². The molecule has 1 unspecified atom stereocenters. The van der Waals surface area contributed by atoms with E-state index in [0.717, 1.165) is 18.5 Å². The molecule has 120 valence electrons. The summed E-state index contributed by atoms with van der Waals surface area (Å²) < 4.78 is 27.4. The lowest BCUT2D eigenvalue weighted by molar-refractivity contribution is 0.403. The van der Waals surface area contributed by atoms with Gasteiger partial charge in [-0.1, -0.05) is 45.9 Å². The summed E-state index contributed by atoms with van der Waals surface area (Å²) in [4.78, 5) is 0.405. The number of nitrogens with one attached hydrogen (secondary N) is 2. The van der Waals surface area contributed by atoms with Crippen LogP contribution in [0.5, 0.6) is 0 Å². The van der Waals surface area contributed by atoms with E-state index in [1.54, 1.807) is 12.1 Å². The summed E-state index contributed by atoms with van der Waals surface area (Å²) in [5.41, 5.74) is 0.876. The number of sulfonamides is 1. The van der Waals surface area contributed by atoms with Crippen LogP contribution in [-0.4, -0.2) is 27.5 Å². The first-order chi connectivity index (χ1) is 9.92. The molecule has 1 rings (SSSR count). The molecule has 1 aromatic rings. The van der Waals surface area contributed by atoms with Gasteiger partial charge in [0.1, 0.15) is 0 Å². The van der Waals surface area contributed by atoms with Gasteiger partial charge in [0.25, 0.3) is 0 Å². The van der Waals surface area contributed by atoms with Crippen LogP contribution in [0.2, 0.25) is 0 Å². The van der Waals surface area contributed by atoms with Crippen LogP contribution in [0.4, 0.5) is 0 Å². The van der Waals surface area contributed by atoms with E-state index in [9.17, 15) is 8.42 Å². The lowest BCUT2D eigenvalue weighted by Gasteiger charge is -2.23. The zero-order valence-electron chi connectivity index (χ0n) is 13.5. The molecule has 0 saturated heterocycles. The van der Waals surface area contributed by atoms with Gasteiger partial charge in [0.05, 0.1) is 4.90 Å². The van der Waals surface area contributed by atoms with Crippen LogP contribution < -0.4 is 10.0 Å². The van der Waals surface area contributed by atoms with Crippen molar-refractivity contribution in [1.29, 1.82) is 0 Å². The van der Waals surface area contributed by atoms with Crippen LogP contribution in [0.3, 0.4) is 0 Å². The third-order valence-corrected chi connectivity index (χ3v) is 5.08. The Bertz CT molecular complexity index is 527. The molecule has 0 radical (unpaired) electrons. The highest BCUT2D eigenvalue weighted by Crippen LogP contribution is 2.19. The van der Waals surface area contributed by atoms with Crippen molar-refractivity contribution in [1.82, 2.24) is 10.0 Å². The van der Waals surface area contributed by atoms with Crippen LogP contribution in [0.1, 0.15) is 39.7 Å². The Labute approximate surface area is 129 Å². The van der Waals surface area contributed by atoms with Crippen molar-refractivity contribution in [2.24, 2.45) is 5.92 Å². The quantitative estimate of drug-likeness (QED) is 0.737. The van der Waals surface area contributed by atoms with Crippen LogP contribution in [0.25, 0.3) is 0 Å². The third-order valence-electron chi connectivity index (χ3n) is 3.52. The van der Waals surface area contributed by atoms with Crippen molar-refractivity contribution >= 4 is 10.0 Å². The lowest BCUT2D eigenvalue weighted by atomic mass is 9.96. The van der Waals surface area contributed by atoms with Gasteiger partial charge in [-0.25, -0.2) is 13.1 Å². The van der Waals surface area contributed by atoms with E-state index in [2.05, 4.69) is 30.8 Å². The topological polar surface area (TPSA) is 58.2 Å². The second-order valence-electron chi connectivity index (χ2n) is 5.62. The highest BCUT2D eigenvalue weighted by Gasteiger charge is 2.20. The Balaban J connectivity index is 3.03. The zero-order chi connectivity index (χ0) is 15.9. The average molecular weight is 312 g/mol. The maximum absolute atomic E-state index is 12.4. The fraction of sp³-hybridized carbons (Fsp3) is 0.625. The molecule has 5 heteroatoms. The number of benzene rings is 1. The number of rotatable bonds is 9. The fourth-order valence-corrected chi connectivity index (χ4v) is 3.67. The molecule has 0 fully saturated rings. The fourth-order valence-electron chi connectivity index (χ4n) is 2.29. The molecule has 0 aromatic heterocycles. The molecule has 1 atom stereocenters. The third kappa shape index (κ3) is 5.41. The standard InChI is InChI=1S/C16H28N2O2S/c1-5-11-18-21(19,20)16-10-8-7-9-14(16)12-15(13(3)4)17-6-2/h7-10,13,15,17-18H,5-6,11-12H2,1-4H3. The van der Waals surface area contributed by atoms with Gasteiger partial charge in [0, 0.05) is 12.6 Å². The van der Waals surface area contributed by atoms with Crippen molar-refractivity contribution in [3.8, 4) is 0 Å². The van der Waals surface area contributed by atoms with E-state index in [-0.39, 0.29) is 6.04 Å². The molecule has 0 saturated carbocycles. The summed E-state index contributed by atoms with van der Waals surface area (Å²) in [6.45, 7) is 9.68. The number of likely N-dealkylation sites (N-methyl/N-ethyl adjacent to an activating group) is 1. The summed E-state index contributed by atoms with van der Waals surface area (Å²) in [6.07, 6.45) is 1.50. The van der Waals surface area contributed by atoms with E-state index in [1.165, 1.54) is 0 Å². The second kappa shape index (κ2) is 8.51. The molecule has 0 aliphatic rings. The molecule has 1 aromatic carbocycles. The van der Waals surface area contributed by atoms with Crippen LogP contribution in [-0.2, 0) is 16.4 Å². The highest BCUT2D eigenvalue weighted by molar-refractivity contribution is 7.89. The number of hydrogen-bond acceptors (Lipinski definition) is 3. The second-order valence-corrected chi connectivity index (χ2v) is 7.35. The Hall–Kier alpha value is -0.910. The number of hydrogen-bond donors (Lipinski definition) is 2. The molecular weight excluding hydrogens is 284 g/mol. The summed E-state index contributed by atoms with van der Waals surface area (Å²) in [5, 5.41) is 3.44. The van der Waals surface area contributed by atoms with E-state index in [4.69, 9.17) is 0 Å². The Morgan fingerprint density at radius 3 is 2.38 bits per heavy atom. The van der Waals surface area contributed by atoms with E-state index < -0.39 is 10.0 Å². The first-order valence-electron chi connectivity index (χ1n) is 7.73. The molecule has 0 aliphatic carbocycles. The molecule has 0 amide bonds. The van der Waals surface area contributed by atoms with Gasteiger partial charge in [-0.2, -0.15) is 0 Å². The maximum Gasteiger partial charge on any atom is 0.240 e. The maximum atomic E-state index is 12.4. The molecule has 0 heterocycles. The predicted octanol–water partition coefficient (Wildman–Crippen LogP) is 2.55. The van der Waals surface area contributed by atoms with Crippen molar-refractivity contribution in [3.63, 3.8) is 0 Å². The monoisotopic (exact) mass is 312 g/mol. The lowest BCUT2D eigenvalue weighted by Crippen LogP contribution is -2.36. The van der Waals surface area contributed by atoms with Crippen molar-refractivity contribution in [3.05, 3.63) is 29.8 Å². The first-order valence-corrected chi connectivity index (χ1v) is 9.21. The molecule has 0 spiro atoms. The van der Waals surface area contributed by atoms with Gasteiger partial charge in [0.15, 0.2) is 0 Å². The molecule has 2 N–H and O–H groups in total. The molecule has 4 nitrogen and oxygen atoms in total. The summed E-state index contributed by atoms with van der Waals surface area (Å²) in [6, 6.07) is 7.56. The Morgan fingerprint density at radius 2 is 1.81 bits per heavy atom. The normalized spacial score (nSPS) is 13.6. The average Bonchev–Trinajstić information content (AvgIpc) is 2.45. The summed E-state index contributed by atoms with van der Waals surface area (Å²) in [5.74, 6) is 0.448. The molecule has 0 bridgehead atoms. The molecule has 21 heavy (non-hydrogen) atoms. The summed E-state index contributed by atoms with van der Waals surface area (Å²) >= 11 is 0. The zero-order valence-corrected chi connectivity index (χ0v) is 14.3. The minimum atomic E-state index is -3.42. The van der Waals surface area contributed by atoms with E-state index >= 15 is 0 Å². The minimum Gasteiger partial charge on any atom is -0.314 e. The Morgan fingerprint density at radius 1 is 1.14 bits per heavy atom. The predicted molar refractivity (Wildman–Crippen MR) is 87.9 cm³/mol. The van der Waals surface area contributed by atoms with Gasteiger partial charge < -0.3 is 5.32 Å². The van der Waals surface area contributed by atoms with Crippen molar-refractivity contribution in [2.45, 2.75) is 51.5 Å². The van der Waals surface area contributed by atoms with Crippen LogP contribution in [0, 0.1) is 5.92 Å². The molecular formula is C16H28N2O2S. The van der Waals surface area contributed by atoms with Gasteiger partial charge in [0.2, 0.25) is 10.0 Å². The van der Waals surface area contributed by atoms with Gasteiger partial charge >= 0.3 is 0 Å². The molecule has 0 aliphatic heterocycles. The van der Waals surface area contributed by atoms with Crippen LogP contribution >= 0.6 is 0 Å². The largest absolute Gasteiger partial charge is 0.314 e. The van der Waals surface area contributed by atoms with E-state index in [0.29, 0.717) is 23.8 Å². The van der Waals surface area contributed by atoms with Gasteiger partial charge in [-0.3, -0.25) is 0 Å². The first kappa shape index (κ1) is 18.1. The SMILES string of the molecule is CCCNS(=O)(=O)c1ccccc1CC(NCC)C(C)C. The van der Waals surface area contributed by atoms with Gasteiger partial charge in [-0.15, -0.1) is 0 Å².